The molecule has 3 aromatic rings. The normalized spacial score (nSPS) is 10.5. The van der Waals surface area contributed by atoms with Crippen LogP contribution < -0.4 is 10.6 Å². The van der Waals surface area contributed by atoms with E-state index in [1.165, 1.54) is 0 Å². The Morgan fingerprint density at radius 2 is 1.39 bits per heavy atom. The molecule has 0 aliphatic carbocycles. The van der Waals surface area contributed by atoms with Gasteiger partial charge in [0.25, 0.3) is 5.91 Å². The first kappa shape index (κ1) is 19.2. The van der Waals surface area contributed by atoms with Crippen molar-refractivity contribution in [1.82, 2.24) is 10.6 Å². The number of carbonyl (C=O) groups is 2. The Morgan fingerprint density at radius 1 is 0.821 bits per heavy atom. The molecule has 0 spiro atoms. The highest BCUT2D eigenvalue weighted by Crippen LogP contribution is 2.21. The van der Waals surface area contributed by atoms with Crippen LogP contribution >= 0.6 is 0 Å². The number of amides is 2. The topological polar surface area (TPSA) is 58.2 Å². The maximum absolute atomic E-state index is 13.7. The zero-order valence-corrected chi connectivity index (χ0v) is 14.9. The minimum absolute atomic E-state index is 0.322. The van der Waals surface area contributed by atoms with Crippen LogP contribution in [0.25, 0.3) is 0 Å². The summed E-state index contributed by atoms with van der Waals surface area (Å²) in [5.74, 6) is -2.98. The van der Waals surface area contributed by atoms with Gasteiger partial charge in [-0.2, -0.15) is 0 Å². The van der Waals surface area contributed by atoms with Crippen LogP contribution in [0, 0.1) is 11.6 Å². The first-order valence-corrected chi connectivity index (χ1v) is 8.67. The minimum atomic E-state index is -0.982. The second-order valence-corrected chi connectivity index (χ2v) is 6.13. The van der Waals surface area contributed by atoms with Gasteiger partial charge in [0.05, 0.1) is 18.2 Å². The molecule has 3 aromatic carbocycles. The summed E-state index contributed by atoms with van der Waals surface area (Å²) in [7, 11) is 0. The number of hydrogen-bond acceptors (Lipinski definition) is 2. The number of nitrogens with one attached hydrogen (secondary N) is 2. The van der Waals surface area contributed by atoms with Gasteiger partial charge in [0, 0.05) is 6.07 Å². The summed E-state index contributed by atoms with van der Waals surface area (Å²) in [4.78, 5) is 24.4. The van der Waals surface area contributed by atoms with Crippen molar-refractivity contribution in [3.05, 3.63) is 107 Å². The smallest absolute Gasteiger partial charge is 0.254 e. The molecule has 142 valence electrons. The number of halogens is 2. The van der Waals surface area contributed by atoms with E-state index >= 15 is 0 Å². The molecule has 28 heavy (non-hydrogen) atoms. The van der Waals surface area contributed by atoms with E-state index in [2.05, 4.69) is 10.6 Å². The maximum atomic E-state index is 13.7. The van der Waals surface area contributed by atoms with Gasteiger partial charge < -0.3 is 10.6 Å². The Balaban J connectivity index is 1.68. The Bertz CT molecular complexity index is 923. The van der Waals surface area contributed by atoms with Gasteiger partial charge in [-0.15, -0.1) is 0 Å². The van der Waals surface area contributed by atoms with Gasteiger partial charge >= 0.3 is 0 Å². The lowest BCUT2D eigenvalue weighted by Gasteiger charge is -2.20. The van der Waals surface area contributed by atoms with Gasteiger partial charge in [0.2, 0.25) is 5.91 Å². The highest BCUT2D eigenvalue weighted by molar-refractivity contribution is 5.96. The van der Waals surface area contributed by atoms with E-state index in [0.29, 0.717) is 6.07 Å². The molecule has 0 saturated carbocycles. The molecule has 3 rings (SSSR count). The summed E-state index contributed by atoms with van der Waals surface area (Å²) in [6, 6.07) is 21.1. The predicted molar refractivity (Wildman–Crippen MR) is 102 cm³/mol. The van der Waals surface area contributed by atoms with Gasteiger partial charge in [0.1, 0.15) is 11.6 Å². The van der Waals surface area contributed by atoms with E-state index in [4.69, 9.17) is 0 Å². The van der Waals surface area contributed by atoms with E-state index in [9.17, 15) is 18.4 Å². The quantitative estimate of drug-likeness (QED) is 0.687. The first-order chi connectivity index (χ1) is 13.5. The van der Waals surface area contributed by atoms with Crippen LogP contribution in [0.5, 0.6) is 0 Å². The summed E-state index contributed by atoms with van der Waals surface area (Å²) in [6.45, 7) is -0.341. The average molecular weight is 380 g/mol. The van der Waals surface area contributed by atoms with Crippen molar-refractivity contribution in [1.29, 1.82) is 0 Å². The van der Waals surface area contributed by atoms with Crippen LogP contribution in [0.4, 0.5) is 8.78 Å². The second kappa shape index (κ2) is 8.90. The van der Waals surface area contributed by atoms with Crippen molar-refractivity contribution in [3.8, 4) is 0 Å². The molecule has 6 heteroatoms. The molecule has 0 bridgehead atoms. The lowest BCUT2D eigenvalue weighted by atomic mass is 9.99. The lowest BCUT2D eigenvalue weighted by Crippen LogP contribution is -2.39. The molecule has 2 amide bonds. The molecular formula is C22H18F2N2O2. The zero-order valence-electron chi connectivity index (χ0n) is 14.9. The van der Waals surface area contributed by atoms with Crippen LogP contribution in [-0.4, -0.2) is 18.4 Å². The molecule has 0 aliphatic rings. The molecule has 0 aromatic heterocycles. The monoisotopic (exact) mass is 380 g/mol. The molecule has 0 unspecified atom stereocenters. The number of benzene rings is 3. The van der Waals surface area contributed by atoms with E-state index in [-0.39, 0.29) is 12.1 Å². The molecule has 0 atom stereocenters. The van der Waals surface area contributed by atoms with Gasteiger partial charge in [-0.05, 0) is 23.3 Å². The number of rotatable bonds is 6. The van der Waals surface area contributed by atoms with Crippen molar-refractivity contribution in [3.63, 3.8) is 0 Å². The fourth-order valence-electron chi connectivity index (χ4n) is 2.79. The summed E-state index contributed by atoms with van der Waals surface area (Å²) in [6.07, 6.45) is 0. The van der Waals surface area contributed by atoms with Crippen LogP contribution in [0.2, 0.25) is 0 Å². The van der Waals surface area contributed by atoms with E-state index in [1.807, 2.05) is 60.7 Å². The fourth-order valence-corrected chi connectivity index (χ4v) is 2.79. The van der Waals surface area contributed by atoms with E-state index < -0.39 is 29.5 Å². The van der Waals surface area contributed by atoms with Gasteiger partial charge in [-0.3, -0.25) is 9.59 Å². The second-order valence-electron chi connectivity index (χ2n) is 6.13. The number of hydrogen-bond donors (Lipinski definition) is 2. The standard InChI is InChI=1S/C22H18F2N2O2/c23-17-11-12-18(19(24)13-17)22(28)25-14-20(27)26-21(15-7-3-1-4-8-15)16-9-5-2-6-10-16/h1-13,21H,14H2,(H,25,28)(H,26,27). The predicted octanol–water partition coefficient (Wildman–Crippen LogP) is 3.60. The van der Waals surface area contributed by atoms with Crippen molar-refractivity contribution >= 4 is 11.8 Å². The van der Waals surface area contributed by atoms with E-state index in [0.717, 1.165) is 23.3 Å². The molecule has 4 nitrogen and oxygen atoms in total. The van der Waals surface area contributed by atoms with Crippen molar-refractivity contribution < 1.29 is 18.4 Å². The minimum Gasteiger partial charge on any atom is -0.344 e. The number of carbonyl (C=O) groups excluding carboxylic acids is 2. The summed E-state index contributed by atoms with van der Waals surface area (Å²) in [5, 5.41) is 5.23. The molecule has 2 N–H and O–H groups in total. The van der Waals surface area contributed by atoms with E-state index in [1.54, 1.807) is 0 Å². The SMILES string of the molecule is O=C(CNC(=O)c1ccc(F)cc1F)NC(c1ccccc1)c1ccccc1. The summed E-state index contributed by atoms with van der Waals surface area (Å²) in [5.41, 5.74) is 1.45. The van der Waals surface area contributed by atoms with Crippen LogP contribution in [0.1, 0.15) is 27.5 Å². The molecule has 0 aliphatic heterocycles. The van der Waals surface area contributed by atoms with Crippen LogP contribution in [0.15, 0.2) is 78.9 Å². The molecular weight excluding hydrogens is 362 g/mol. The van der Waals surface area contributed by atoms with Gasteiger partial charge in [-0.25, -0.2) is 8.78 Å². The molecule has 0 fully saturated rings. The highest BCUT2D eigenvalue weighted by Gasteiger charge is 2.18. The first-order valence-electron chi connectivity index (χ1n) is 8.67. The third-order valence-electron chi connectivity index (χ3n) is 4.16. The Labute approximate surface area is 161 Å². The van der Waals surface area contributed by atoms with Crippen LogP contribution in [0.3, 0.4) is 0 Å². The van der Waals surface area contributed by atoms with Crippen molar-refractivity contribution in [2.75, 3.05) is 6.54 Å². The van der Waals surface area contributed by atoms with Gasteiger partial charge in [0.15, 0.2) is 0 Å². The summed E-state index contributed by atoms with van der Waals surface area (Å²) < 4.78 is 26.6. The third-order valence-corrected chi connectivity index (χ3v) is 4.16. The maximum Gasteiger partial charge on any atom is 0.254 e. The highest BCUT2D eigenvalue weighted by atomic mass is 19.1. The van der Waals surface area contributed by atoms with Crippen LogP contribution in [-0.2, 0) is 4.79 Å². The lowest BCUT2D eigenvalue weighted by molar-refractivity contribution is -0.120. The Kier molecular flexibility index (Phi) is 6.11. The third kappa shape index (κ3) is 4.79. The molecule has 0 radical (unpaired) electrons. The largest absolute Gasteiger partial charge is 0.344 e. The average Bonchev–Trinajstić information content (AvgIpc) is 2.71. The van der Waals surface area contributed by atoms with Crippen molar-refractivity contribution in [2.45, 2.75) is 6.04 Å². The zero-order chi connectivity index (χ0) is 19.9. The Morgan fingerprint density at radius 3 is 1.93 bits per heavy atom. The summed E-state index contributed by atoms with van der Waals surface area (Å²) >= 11 is 0. The molecule has 0 heterocycles. The van der Waals surface area contributed by atoms with Crippen molar-refractivity contribution in [2.24, 2.45) is 0 Å². The Hall–Kier alpha value is -3.54. The fraction of sp³-hybridized carbons (Fsp3) is 0.0909. The molecule has 0 saturated heterocycles. The van der Waals surface area contributed by atoms with Gasteiger partial charge in [-0.1, -0.05) is 60.7 Å².